The van der Waals surface area contributed by atoms with Crippen molar-refractivity contribution in [1.29, 1.82) is 0 Å². The van der Waals surface area contributed by atoms with Crippen LogP contribution in [0.15, 0.2) is 40.7 Å². The smallest absolute Gasteiger partial charge is 0.243 e. The summed E-state index contributed by atoms with van der Waals surface area (Å²) in [7, 11) is -1.80. The minimum Gasteiger partial charge on any atom is -0.292 e. The van der Waals surface area contributed by atoms with Gasteiger partial charge in [0.1, 0.15) is 0 Å². The zero-order valence-electron chi connectivity index (χ0n) is 17.1. The number of benzene rings is 1. The lowest BCUT2D eigenvalue weighted by Gasteiger charge is -2.34. The number of carbonyl (C=O) groups excluding carboxylic acids is 1. The number of anilines is 1. The summed E-state index contributed by atoms with van der Waals surface area (Å²) in [6, 6.07) is 7.22. The monoisotopic (exact) mass is 436 g/mol. The molecule has 7 nitrogen and oxygen atoms in total. The highest BCUT2D eigenvalue weighted by Gasteiger charge is 2.29. The predicted octanol–water partition coefficient (Wildman–Crippen LogP) is 2.63. The van der Waals surface area contributed by atoms with Crippen LogP contribution in [0.4, 0.5) is 5.13 Å². The maximum Gasteiger partial charge on any atom is 0.243 e. The van der Waals surface area contributed by atoms with Gasteiger partial charge in [-0.2, -0.15) is 4.31 Å². The number of sulfonamides is 1. The van der Waals surface area contributed by atoms with Gasteiger partial charge in [0.25, 0.3) is 0 Å². The molecule has 0 saturated carbocycles. The molecule has 1 unspecified atom stereocenters. The van der Waals surface area contributed by atoms with Crippen molar-refractivity contribution in [3.05, 3.63) is 41.4 Å². The standard InChI is InChI=1S/C20H28N4O3S2/c1-4-16(2)17-5-7-18(8-6-17)29(26,27)24-12-10-23(11-13-24)15-19(25)22(3)20-21-9-14-28-20/h5-9,14,16H,4,10-13,15H2,1-3H3. The highest BCUT2D eigenvalue weighted by Crippen LogP contribution is 2.23. The third-order valence-corrected chi connectivity index (χ3v) is 8.23. The number of hydrogen-bond acceptors (Lipinski definition) is 6. The Bertz CT molecular complexity index is 906. The number of nitrogens with zero attached hydrogens (tertiary/aromatic N) is 4. The van der Waals surface area contributed by atoms with Gasteiger partial charge in [0.2, 0.25) is 15.9 Å². The number of likely N-dealkylation sites (N-methyl/N-ethyl adjacent to an activating group) is 1. The van der Waals surface area contributed by atoms with Crippen LogP contribution in [0, 0.1) is 0 Å². The molecule has 2 heterocycles. The molecule has 158 valence electrons. The van der Waals surface area contributed by atoms with Crippen LogP contribution in [0.3, 0.4) is 0 Å². The second-order valence-electron chi connectivity index (χ2n) is 7.33. The van der Waals surface area contributed by atoms with E-state index in [1.54, 1.807) is 30.3 Å². The van der Waals surface area contributed by atoms with Crippen LogP contribution in [-0.2, 0) is 14.8 Å². The quantitative estimate of drug-likeness (QED) is 0.667. The molecule has 1 atom stereocenters. The molecule has 1 aromatic heterocycles. The molecule has 1 fully saturated rings. The van der Waals surface area contributed by atoms with E-state index in [-0.39, 0.29) is 12.5 Å². The molecule has 0 bridgehead atoms. The van der Waals surface area contributed by atoms with Crippen LogP contribution in [0.5, 0.6) is 0 Å². The van der Waals surface area contributed by atoms with Gasteiger partial charge in [0, 0.05) is 44.8 Å². The van der Waals surface area contributed by atoms with Crippen molar-refractivity contribution < 1.29 is 13.2 Å². The Morgan fingerprint density at radius 1 is 1.21 bits per heavy atom. The molecule has 9 heteroatoms. The lowest BCUT2D eigenvalue weighted by atomic mass is 9.99. The molecule has 1 aromatic carbocycles. The first-order chi connectivity index (χ1) is 13.8. The van der Waals surface area contributed by atoms with Gasteiger partial charge in [-0.1, -0.05) is 26.0 Å². The van der Waals surface area contributed by atoms with E-state index >= 15 is 0 Å². The van der Waals surface area contributed by atoms with Crippen molar-refractivity contribution in [2.45, 2.75) is 31.1 Å². The molecule has 3 rings (SSSR count). The van der Waals surface area contributed by atoms with Gasteiger partial charge in [0.05, 0.1) is 11.4 Å². The van der Waals surface area contributed by atoms with E-state index in [1.165, 1.54) is 15.6 Å². The minimum atomic E-state index is -3.51. The van der Waals surface area contributed by atoms with Crippen LogP contribution in [0.25, 0.3) is 0 Å². The Morgan fingerprint density at radius 2 is 1.86 bits per heavy atom. The first-order valence-corrected chi connectivity index (χ1v) is 12.1. The third-order valence-electron chi connectivity index (χ3n) is 5.47. The van der Waals surface area contributed by atoms with Gasteiger partial charge in [-0.3, -0.25) is 14.6 Å². The average Bonchev–Trinajstić information content (AvgIpc) is 3.28. The topological polar surface area (TPSA) is 73.8 Å². The summed E-state index contributed by atoms with van der Waals surface area (Å²) >= 11 is 1.41. The summed E-state index contributed by atoms with van der Waals surface area (Å²) in [6.45, 7) is 6.33. The summed E-state index contributed by atoms with van der Waals surface area (Å²) in [5.74, 6) is 0.368. The summed E-state index contributed by atoms with van der Waals surface area (Å²) < 4.78 is 27.4. The van der Waals surface area contributed by atoms with Gasteiger partial charge < -0.3 is 0 Å². The SMILES string of the molecule is CCC(C)c1ccc(S(=O)(=O)N2CCN(CC(=O)N(C)c3nccs3)CC2)cc1. The lowest BCUT2D eigenvalue weighted by Crippen LogP contribution is -2.51. The van der Waals surface area contributed by atoms with Gasteiger partial charge in [0.15, 0.2) is 5.13 Å². The molecular formula is C20H28N4O3S2. The van der Waals surface area contributed by atoms with Crippen molar-refractivity contribution in [2.24, 2.45) is 0 Å². The zero-order chi connectivity index (χ0) is 21.0. The van der Waals surface area contributed by atoms with Crippen LogP contribution in [0.2, 0.25) is 0 Å². The predicted molar refractivity (Wildman–Crippen MR) is 116 cm³/mol. The van der Waals surface area contributed by atoms with Crippen molar-refractivity contribution in [3.8, 4) is 0 Å². The number of piperazine rings is 1. The van der Waals surface area contributed by atoms with Gasteiger partial charge >= 0.3 is 0 Å². The number of aromatic nitrogens is 1. The second-order valence-corrected chi connectivity index (χ2v) is 10.1. The summed E-state index contributed by atoms with van der Waals surface area (Å²) in [4.78, 5) is 20.5. The number of rotatable bonds is 7. The fourth-order valence-electron chi connectivity index (χ4n) is 3.27. The highest BCUT2D eigenvalue weighted by atomic mass is 32.2. The summed E-state index contributed by atoms with van der Waals surface area (Å²) in [6.07, 6.45) is 2.69. The van der Waals surface area contributed by atoms with Gasteiger partial charge in [-0.05, 0) is 30.0 Å². The maximum atomic E-state index is 13.0. The van der Waals surface area contributed by atoms with Gasteiger partial charge in [-0.15, -0.1) is 11.3 Å². The minimum absolute atomic E-state index is 0.0445. The van der Waals surface area contributed by atoms with E-state index in [0.29, 0.717) is 42.1 Å². The first kappa shape index (κ1) is 21.9. The highest BCUT2D eigenvalue weighted by molar-refractivity contribution is 7.89. The Labute approximate surface area is 177 Å². The molecule has 0 N–H and O–H groups in total. The van der Waals surface area contributed by atoms with Crippen LogP contribution >= 0.6 is 11.3 Å². The first-order valence-electron chi connectivity index (χ1n) is 9.81. The third kappa shape index (κ3) is 5.03. The van der Waals surface area contributed by atoms with Crippen molar-refractivity contribution in [3.63, 3.8) is 0 Å². The zero-order valence-corrected chi connectivity index (χ0v) is 18.7. The number of amides is 1. The molecule has 0 radical (unpaired) electrons. The Morgan fingerprint density at radius 3 is 2.41 bits per heavy atom. The van der Waals surface area contributed by atoms with Crippen molar-refractivity contribution >= 4 is 32.4 Å². The van der Waals surface area contributed by atoms with E-state index in [1.807, 2.05) is 22.4 Å². The Hall–Kier alpha value is -1.81. The molecular weight excluding hydrogens is 408 g/mol. The van der Waals surface area contributed by atoms with Crippen molar-refractivity contribution in [2.75, 3.05) is 44.7 Å². The van der Waals surface area contributed by atoms with Gasteiger partial charge in [-0.25, -0.2) is 13.4 Å². The molecule has 0 aliphatic carbocycles. The van der Waals surface area contributed by atoms with Crippen LogP contribution < -0.4 is 4.90 Å². The molecule has 2 aromatic rings. The van der Waals surface area contributed by atoms with Crippen molar-refractivity contribution in [1.82, 2.24) is 14.2 Å². The number of carbonyl (C=O) groups is 1. The van der Waals surface area contributed by atoms with Crippen LogP contribution in [-0.4, -0.2) is 68.3 Å². The van der Waals surface area contributed by atoms with E-state index in [2.05, 4.69) is 18.8 Å². The molecule has 1 aliphatic rings. The normalized spacial score (nSPS) is 17.2. The lowest BCUT2D eigenvalue weighted by molar-refractivity contribution is -0.119. The van der Waals surface area contributed by atoms with E-state index in [9.17, 15) is 13.2 Å². The molecule has 0 spiro atoms. The molecule has 1 aliphatic heterocycles. The number of thiazole rings is 1. The fourth-order valence-corrected chi connectivity index (χ4v) is 5.31. The van der Waals surface area contributed by atoms with Crippen LogP contribution in [0.1, 0.15) is 31.7 Å². The van der Waals surface area contributed by atoms with E-state index in [4.69, 9.17) is 0 Å². The summed E-state index contributed by atoms with van der Waals surface area (Å²) in [5.41, 5.74) is 1.15. The fraction of sp³-hybridized carbons (Fsp3) is 0.500. The molecule has 1 amide bonds. The second kappa shape index (κ2) is 9.34. The van der Waals surface area contributed by atoms with E-state index < -0.39 is 10.0 Å². The Balaban J connectivity index is 1.57. The maximum absolute atomic E-state index is 13.0. The van der Waals surface area contributed by atoms with E-state index in [0.717, 1.165) is 12.0 Å². The largest absolute Gasteiger partial charge is 0.292 e. The number of hydrogen-bond donors (Lipinski definition) is 0. The average molecular weight is 437 g/mol. The Kier molecular flexibility index (Phi) is 7.05. The molecule has 29 heavy (non-hydrogen) atoms. The summed E-state index contributed by atoms with van der Waals surface area (Å²) in [5, 5.41) is 2.50. The molecule has 1 saturated heterocycles.